The Morgan fingerprint density at radius 1 is 1.10 bits per heavy atom. The molecule has 0 saturated carbocycles. The van der Waals surface area contributed by atoms with Crippen LogP contribution in [-0.2, 0) is 10.0 Å². The van der Waals surface area contributed by atoms with Gasteiger partial charge in [-0.1, -0.05) is 17.7 Å². The Hall–Kier alpha value is -3.34. The quantitative estimate of drug-likeness (QED) is 0.585. The van der Waals surface area contributed by atoms with Crippen molar-refractivity contribution in [2.75, 3.05) is 0 Å². The smallest absolute Gasteiger partial charge is 0.305 e. The van der Waals surface area contributed by atoms with E-state index in [-0.39, 0.29) is 16.1 Å². The number of carbonyl (C=O) groups excluding carboxylic acids is 1. The van der Waals surface area contributed by atoms with Gasteiger partial charge in [0.05, 0.1) is 21.6 Å². The van der Waals surface area contributed by atoms with Crippen LogP contribution in [-0.4, -0.2) is 30.1 Å². The minimum atomic E-state index is -4.40. The van der Waals surface area contributed by atoms with Crippen LogP contribution in [0, 0.1) is 17.0 Å². The van der Waals surface area contributed by atoms with Crippen molar-refractivity contribution < 1.29 is 26.9 Å². The molecule has 1 aliphatic heterocycles. The number of rotatable bonds is 5. The first kappa shape index (κ1) is 20.4. The number of nitro benzene ring substituents is 1. The maximum atomic E-state index is 13.2. The number of nitrogens with zero attached hydrogens (tertiary/aromatic N) is 2. The van der Waals surface area contributed by atoms with E-state index < -0.39 is 39.1 Å². The van der Waals surface area contributed by atoms with Gasteiger partial charge < -0.3 is 5.32 Å². The predicted octanol–water partition coefficient (Wildman–Crippen LogP) is 3.51. The van der Waals surface area contributed by atoms with Gasteiger partial charge in [-0.25, -0.2) is 26.3 Å². The summed E-state index contributed by atoms with van der Waals surface area (Å²) < 4.78 is 53.0. The highest BCUT2D eigenvalue weighted by atomic mass is 32.2. The molecule has 0 spiro atoms. The third kappa shape index (κ3) is 3.94. The molecule has 1 heterocycles. The van der Waals surface area contributed by atoms with Gasteiger partial charge in [0.2, 0.25) is 0 Å². The Balaban J connectivity index is 2.13. The molecule has 2 amide bonds. The second kappa shape index (κ2) is 7.59. The minimum Gasteiger partial charge on any atom is -0.305 e. The molecule has 152 valence electrons. The lowest BCUT2D eigenvalue weighted by atomic mass is 10.0. The summed E-state index contributed by atoms with van der Waals surface area (Å²) in [6.45, 7) is 1.75. The van der Waals surface area contributed by atoms with Gasteiger partial charge in [-0.2, -0.15) is 0 Å². The normalized spacial score (nSPS) is 17.1. The number of hydrogen-bond donors (Lipinski definition) is 1. The lowest BCUT2D eigenvalue weighted by Crippen LogP contribution is -2.49. The van der Waals surface area contributed by atoms with Gasteiger partial charge in [0.1, 0.15) is 0 Å². The fraction of sp³-hybridized carbons (Fsp3) is 0.167. The summed E-state index contributed by atoms with van der Waals surface area (Å²) in [5.41, 5.74) is -0.0909. The summed E-state index contributed by atoms with van der Waals surface area (Å²) >= 11 is 0. The number of non-ortho nitro benzene ring substituents is 1. The molecule has 1 unspecified atom stereocenters. The number of nitro groups is 1. The zero-order valence-electron chi connectivity index (χ0n) is 15.0. The van der Waals surface area contributed by atoms with Crippen molar-refractivity contribution in [1.29, 1.82) is 0 Å². The number of halogens is 2. The number of urea groups is 1. The molecule has 0 aliphatic carbocycles. The van der Waals surface area contributed by atoms with Crippen LogP contribution in [0.15, 0.2) is 65.2 Å². The van der Waals surface area contributed by atoms with Crippen LogP contribution in [0.5, 0.6) is 0 Å². The lowest BCUT2D eigenvalue weighted by Gasteiger charge is -2.34. The van der Waals surface area contributed by atoms with Crippen molar-refractivity contribution in [1.82, 2.24) is 9.62 Å². The van der Waals surface area contributed by atoms with Crippen molar-refractivity contribution in [3.63, 3.8) is 0 Å². The number of sulfonamides is 1. The first-order valence-corrected chi connectivity index (χ1v) is 9.71. The number of carbonyl (C=O) groups is 1. The molecule has 1 N–H and O–H groups in total. The van der Waals surface area contributed by atoms with E-state index in [4.69, 9.17) is 0 Å². The standard InChI is InChI=1S/C18H15F2N3O5S/c1-11-2-8-14(9-3-11)29(27,28)22-16(10-15(17(19)20)21-18(22)24)12-4-6-13(7-5-12)23(25)26/h2-10,16-17H,1H3,(H,21,24). The van der Waals surface area contributed by atoms with Crippen LogP contribution in [0.3, 0.4) is 0 Å². The van der Waals surface area contributed by atoms with E-state index in [0.717, 1.165) is 23.8 Å². The molecule has 0 saturated heterocycles. The fourth-order valence-corrected chi connectivity index (χ4v) is 4.27. The third-order valence-corrected chi connectivity index (χ3v) is 6.08. The highest BCUT2D eigenvalue weighted by Crippen LogP contribution is 2.34. The van der Waals surface area contributed by atoms with Crippen molar-refractivity contribution in [3.05, 3.63) is 81.5 Å². The molecule has 3 rings (SSSR count). The zero-order chi connectivity index (χ0) is 21.3. The van der Waals surface area contributed by atoms with Gasteiger partial charge in [0.25, 0.3) is 22.1 Å². The molecule has 1 atom stereocenters. The molecule has 0 fully saturated rings. The molecule has 8 nitrogen and oxygen atoms in total. The van der Waals surface area contributed by atoms with E-state index in [1.807, 2.05) is 5.32 Å². The first-order valence-electron chi connectivity index (χ1n) is 8.27. The van der Waals surface area contributed by atoms with Gasteiger partial charge >= 0.3 is 6.03 Å². The number of alkyl halides is 2. The van der Waals surface area contributed by atoms with Crippen LogP contribution < -0.4 is 5.32 Å². The topological polar surface area (TPSA) is 110 Å². The van der Waals surface area contributed by atoms with Crippen LogP contribution >= 0.6 is 0 Å². The van der Waals surface area contributed by atoms with Crippen molar-refractivity contribution in [2.24, 2.45) is 0 Å². The summed E-state index contributed by atoms with van der Waals surface area (Å²) in [5.74, 6) is 0. The van der Waals surface area contributed by atoms with E-state index >= 15 is 0 Å². The molecule has 2 aromatic carbocycles. The largest absolute Gasteiger partial charge is 0.336 e. The van der Waals surface area contributed by atoms with Crippen molar-refractivity contribution >= 4 is 21.7 Å². The fourth-order valence-electron chi connectivity index (χ4n) is 2.82. The summed E-state index contributed by atoms with van der Waals surface area (Å²) in [7, 11) is -4.40. The Bertz CT molecular complexity index is 1080. The van der Waals surface area contributed by atoms with Gasteiger partial charge in [-0.15, -0.1) is 0 Å². The average Bonchev–Trinajstić information content (AvgIpc) is 2.67. The Kier molecular flexibility index (Phi) is 5.33. The van der Waals surface area contributed by atoms with Crippen LogP contribution in [0.25, 0.3) is 0 Å². The molecule has 29 heavy (non-hydrogen) atoms. The molecular formula is C18H15F2N3O5S. The minimum absolute atomic E-state index is 0.124. The highest BCUT2D eigenvalue weighted by Gasteiger charge is 2.40. The summed E-state index contributed by atoms with van der Waals surface area (Å²) in [5, 5.41) is 12.7. The molecule has 1 aliphatic rings. The van der Waals surface area contributed by atoms with E-state index in [9.17, 15) is 32.1 Å². The summed E-state index contributed by atoms with van der Waals surface area (Å²) in [4.78, 5) is 22.5. The number of allylic oxidation sites excluding steroid dienone is 1. The average molecular weight is 423 g/mol. The van der Waals surface area contributed by atoms with Crippen LogP contribution in [0.2, 0.25) is 0 Å². The maximum Gasteiger partial charge on any atom is 0.336 e. The highest BCUT2D eigenvalue weighted by molar-refractivity contribution is 7.89. The number of benzene rings is 2. The lowest BCUT2D eigenvalue weighted by molar-refractivity contribution is -0.384. The molecule has 0 bridgehead atoms. The zero-order valence-corrected chi connectivity index (χ0v) is 15.8. The van der Waals surface area contributed by atoms with E-state index in [1.165, 1.54) is 36.4 Å². The van der Waals surface area contributed by atoms with Gasteiger partial charge in [-0.05, 0) is 42.8 Å². The Morgan fingerprint density at radius 3 is 2.21 bits per heavy atom. The predicted molar refractivity (Wildman–Crippen MR) is 98.7 cm³/mol. The molecule has 0 aromatic heterocycles. The molecule has 0 radical (unpaired) electrons. The van der Waals surface area contributed by atoms with E-state index in [1.54, 1.807) is 6.92 Å². The number of nitrogens with one attached hydrogen (secondary N) is 1. The van der Waals surface area contributed by atoms with Gasteiger partial charge in [0, 0.05) is 12.1 Å². The maximum absolute atomic E-state index is 13.2. The monoisotopic (exact) mass is 423 g/mol. The second-order valence-corrected chi connectivity index (χ2v) is 8.08. The van der Waals surface area contributed by atoms with Crippen LogP contribution in [0.1, 0.15) is 17.2 Å². The molecule has 2 aromatic rings. The third-order valence-electron chi connectivity index (χ3n) is 4.30. The van der Waals surface area contributed by atoms with E-state index in [0.29, 0.717) is 4.31 Å². The molecule has 11 heteroatoms. The number of amides is 2. The Labute approximate surface area is 164 Å². The van der Waals surface area contributed by atoms with Crippen molar-refractivity contribution in [2.45, 2.75) is 24.3 Å². The van der Waals surface area contributed by atoms with Crippen LogP contribution in [0.4, 0.5) is 19.3 Å². The summed E-state index contributed by atoms with van der Waals surface area (Å²) in [6, 6.07) is 7.69. The number of aryl methyl sites for hydroxylation is 1. The summed E-state index contributed by atoms with van der Waals surface area (Å²) in [6.07, 6.45) is -2.12. The van der Waals surface area contributed by atoms with E-state index in [2.05, 4.69) is 0 Å². The van der Waals surface area contributed by atoms with Crippen molar-refractivity contribution in [3.8, 4) is 0 Å². The first-order chi connectivity index (χ1) is 13.6. The van der Waals surface area contributed by atoms with Gasteiger partial charge in [-0.3, -0.25) is 10.1 Å². The molecular weight excluding hydrogens is 408 g/mol. The van der Waals surface area contributed by atoms with Gasteiger partial charge in [0.15, 0.2) is 0 Å². The number of hydrogen-bond acceptors (Lipinski definition) is 5. The Morgan fingerprint density at radius 2 is 1.69 bits per heavy atom. The SMILES string of the molecule is Cc1ccc(S(=O)(=O)N2C(=O)NC(C(F)F)=CC2c2ccc([N+](=O)[O-])cc2)cc1. The second-order valence-electron chi connectivity index (χ2n) is 6.26.